The topological polar surface area (TPSA) is 12.0 Å². The van der Waals surface area contributed by atoms with E-state index in [4.69, 9.17) is 23.2 Å². The first-order valence-electron chi connectivity index (χ1n) is 6.90. The monoisotopic (exact) mass is 307 g/mol. The Labute approximate surface area is 130 Å². The van der Waals surface area contributed by atoms with Gasteiger partial charge in [-0.05, 0) is 42.7 Å². The van der Waals surface area contributed by atoms with Gasteiger partial charge in [0, 0.05) is 11.7 Å². The molecule has 0 bridgehead atoms. The Hall–Kier alpha value is -1.18. The van der Waals surface area contributed by atoms with E-state index in [1.54, 1.807) is 0 Å². The van der Waals surface area contributed by atoms with Gasteiger partial charge in [-0.25, -0.2) is 0 Å². The van der Waals surface area contributed by atoms with E-state index in [-0.39, 0.29) is 6.04 Å². The molecule has 1 unspecified atom stereocenters. The standard InChI is InChI=1S/C17H19Cl2N/c1-3-4-13-5-7-14(8-6-13)12(2)20-15-9-10-16(18)17(19)11-15/h5-12,20H,3-4H2,1-2H3. The Bertz CT molecular complexity index is 564. The number of rotatable bonds is 5. The van der Waals surface area contributed by atoms with Gasteiger partial charge in [0.25, 0.3) is 0 Å². The molecule has 0 fully saturated rings. The molecule has 0 saturated heterocycles. The van der Waals surface area contributed by atoms with Crippen LogP contribution in [0.25, 0.3) is 0 Å². The lowest BCUT2D eigenvalue weighted by atomic mass is 10.0. The van der Waals surface area contributed by atoms with Gasteiger partial charge in [0.15, 0.2) is 0 Å². The number of benzene rings is 2. The molecule has 2 aromatic rings. The quantitative estimate of drug-likeness (QED) is 0.701. The van der Waals surface area contributed by atoms with Gasteiger partial charge in [0.1, 0.15) is 0 Å². The highest BCUT2D eigenvalue weighted by molar-refractivity contribution is 6.42. The lowest BCUT2D eigenvalue weighted by molar-refractivity contribution is 0.876. The van der Waals surface area contributed by atoms with Crippen molar-refractivity contribution in [3.05, 3.63) is 63.6 Å². The largest absolute Gasteiger partial charge is 0.378 e. The summed E-state index contributed by atoms with van der Waals surface area (Å²) in [6.07, 6.45) is 2.31. The Morgan fingerprint density at radius 3 is 2.30 bits per heavy atom. The van der Waals surface area contributed by atoms with Crippen LogP contribution >= 0.6 is 23.2 Å². The molecule has 0 amide bonds. The van der Waals surface area contributed by atoms with E-state index in [1.807, 2.05) is 18.2 Å². The minimum absolute atomic E-state index is 0.225. The summed E-state index contributed by atoms with van der Waals surface area (Å²) in [6, 6.07) is 14.6. The van der Waals surface area contributed by atoms with E-state index in [0.29, 0.717) is 10.0 Å². The molecule has 0 aromatic heterocycles. The van der Waals surface area contributed by atoms with E-state index in [2.05, 4.69) is 43.4 Å². The van der Waals surface area contributed by atoms with E-state index in [1.165, 1.54) is 17.5 Å². The van der Waals surface area contributed by atoms with Crippen LogP contribution in [0.15, 0.2) is 42.5 Å². The van der Waals surface area contributed by atoms with Crippen LogP contribution in [-0.2, 0) is 6.42 Å². The zero-order valence-corrected chi connectivity index (χ0v) is 13.3. The number of aryl methyl sites for hydroxylation is 1. The zero-order valence-electron chi connectivity index (χ0n) is 11.8. The van der Waals surface area contributed by atoms with Crippen LogP contribution in [0.2, 0.25) is 10.0 Å². The van der Waals surface area contributed by atoms with Gasteiger partial charge in [-0.1, -0.05) is 60.8 Å². The van der Waals surface area contributed by atoms with E-state index < -0.39 is 0 Å². The van der Waals surface area contributed by atoms with Crippen LogP contribution in [0.1, 0.15) is 37.4 Å². The molecule has 1 N–H and O–H groups in total. The first-order valence-corrected chi connectivity index (χ1v) is 7.66. The fourth-order valence-electron chi connectivity index (χ4n) is 2.18. The molecule has 106 valence electrons. The van der Waals surface area contributed by atoms with Crippen molar-refractivity contribution in [1.82, 2.24) is 0 Å². The summed E-state index contributed by atoms with van der Waals surface area (Å²) in [5.41, 5.74) is 3.62. The van der Waals surface area contributed by atoms with Gasteiger partial charge in [0.2, 0.25) is 0 Å². The summed E-state index contributed by atoms with van der Waals surface area (Å²) in [6.45, 7) is 4.33. The maximum absolute atomic E-state index is 6.03. The molecule has 2 rings (SSSR count). The average Bonchev–Trinajstić information content (AvgIpc) is 2.44. The highest BCUT2D eigenvalue weighted by Crippen LogP contribution is 2.27. The van der Waals surface area contributed by atoms with Gasteiger partial charge in [0.05, 0.1) is 10.0 Å². The average molecular weight is 308 g/mol. The summed E-state index contributed by atoms with van der Waals surface area (Å²) in [7, 11) is 0. The highest BCUT2D eigenvalue weighted by atomic mass is 35.5. The van der Waals surface area contributed by atoms with Gasteiger partial charge >= 0.3 is 0 Å². The van der Waals surface area contributed by atoms with E-state index in [9.17, 15) is 0 Å². The van der Waals surface area contributed by atoms with Crippen molar-refractivity contribution >= 4 is 28.9 Å². The van der Waals surface area contributed by atoms with Gasteiger partial charge in [-0.2, -0.15) is 0 Å². The van der Waals surface area contributed by atoms with Crippen LogP contribution in [0.3, 0.4) is 0 Å². The minimum Gasteiger partial charge on any atom is -0.378 e. The summed E-state index contributed by atoms with van der Waals surface area (Å²) >= 11 is 11.9. The van der Waals surface area contributed by atoms with Crippen LogP contribution in [0.5, 0.6) is 0 Å². The Balaban J connectivity index is 2.06. The predicted molar refractivity (Wildman–Crippen MR) is 88.9 cm³/mol. The third kappa shape index (κ3) is 3.91. The number of hydrogen-bond acceptors (Lipinski definition) is 1. The molecule has 0 saturated carbocycles. The second-order valence-corrected chi connectivity index (χ2v) is 5.80. The second-order valence-electron chi connectivity index (χ2n) is 4.99. The first kappa shape index (κ1) is 15.2. The molecule has 0 heterocycles. The number of halogens is 2. The smallest absolute Gasteiger partial charge is 0.0612 e. The maximum atomic E-state index is 6.03. The van der Waals surface area contributed by atoms with Crippen molar-refractivity contribution in [2.24, 2.45) is 0 Å². The first-order chi connectivity index (χ1) is 9.60. The molecule has 3 heteroatoms. The van der Waals surface area contributed by atoms with E-state index in [0.717, 1.165) is 12.1 Å². The van der Waals surface area contributed by atoms with Crippen molar-refractivity contribution in [1.29, 1.82) is 0 Å². The summed E-state index contributed by atoms with van der Waals surface area (Å²) in [5, 5.41) is 4.58. The number of hydrogen-bond donors (Lipinski definition) is 1. The number of nitrogens with one attached hydrogen (secondary N) is 1. The molecule has 1 nitrogen and oxygen atoms in total. The highest BCUT2D eigenvalue weighted by Gasteiger charge is 2.06. The molecule has 1 atom stereocenters. The van der Waals surface area contributed by atoms with Crippen LogP contribution in [-0.4, -0.2) is 0 Å². The summed E-state index contributed by atoms with van der Waals surface area (Å²) < 4.78 is 0. The van der Waals surface area contributed by atoms with Crippen LogP contribution < -0.4 is 5.32 Å². The summed E-state index contributed by atoms with van der Waals surface area (Å²) in [4.78, 5) is 0. The minimum atomic E-state index is 0.225. The van der Waals surface area contributed by atoms with E-state index >= 15 is 0 Å². The molecule has 0 aliphatic heterocycles. The molecule has 0 aliphatic carbocycles. The van der Waals surface area contributed by atoms with Crippen molar-refractivity contribution in [3.8, 4) is 0 Å². The molecule has 0 radical (unpaired) electrons. The van der Waals surface area contributed by atoms with Crippen molar-refractivity contribution in [3.63, 3.8) is 0 Å². The Morgan fingerprint density at radius 1 is 1.00 bits per heavy atom. The lowest BCUT2D eigenvalue weighted by Crippen LogP contribution is -2.06. The normalized spacial score (nSPS) is 12.2. The molecular weight excluding hydrogens is 289 g/mol. The third-order valence-electron chi connectivity index (χ3n) is 3.32. The maximum Gasteiger partial charge on any atom is 0.0612 e. The zero-order chi connectivity index (χ0) is 14.5. The van der Waals surface area contributed by atoms with Gasteiger partial charge < -0.3 is 5.32 Å². The third-order valence-corrected chi connectivity index (χ3v) is 4.06. The predicted octanol–water partition coefficient (Wildman–Crippen LogP) is 6.12. The molecule has 2 aromatic carbocycles. The molecule has 0 spiro atoms. The van der Waals surface area contributed by atoms with Crippen molar-refractivity contribution < 1.29 is 0 Å². The van der Waals surface area contributed by atoms with Crippen LogP contribution in [0, 0.1) is 0 Å². The number of anilines is 1. The summed E-state index contributed by atoms with van der Waals surface area (Å²) in [5.74, 6) is 0. The van der Waals surface area contributed by atoms with Crippen molar-refractivity contribution in [2.75, 3.05) is 5.32 Å². The van der Waals surface area contributed by atoms with Crippen LogP contribution in [0.4, 0.5) is 5.69 Å². The van der Waals surface area contributed by atoms with Gasteiger partial charge in [-0.3, -0.25) is 0 Å². The Morgan fingerprint density at radius 2 is 1.70 bits per heavy atom. The van der Waals surface area contributed by atoms with Crippen molar-refractivity contribution in [2.45, 2.75) is 32.7 Å². The lowest BCUT2D eigenvalue weighted by Gasteiger charge is -2.16. The van der Waals surface area contributed by atoms with Gasteiger partial charge in [-0.15, -0.1) is 0 Å². The Kier molecular flexibility index (Phi) is 5.33. The molecule has 0 aliphatic rings. The molecular formula is C17H19Cl2N. The fourth-order valence-corrected chi connectivity index (χ4v) is 2.48. The fraction of sp³-hybridized carbons (Fsp3) is 0.294. The SMILES string of the molecule is CCCc1ccc(C(C)Nc2ccc(Cl)c(Cl)c2)cc1. The second kappa shape index (κ2) is 7.01. The molecule has 20 heavy (non-hydrogen) atoms.